The van der Waals surface area contributed by atoms with Crippen LogP contribution in [0, 0.1) is 29.1 Å². The minimum Gasteiger partial charge on any atom is -0.204 e. The Labute approximate surface area is 166 Å². The van der Waals surface area contributed by atoms with E-state index < -0.39 is 29.1 Å². The normalized spacial score (nSPS) is 10.9. The number of aryl methyl sites for hydroxylation is 3. The standard InChI is InChI=1S/C24H19F5/c1-2-3-4-15-5-8-17(9-6-15)19-12-11-18(22(27)23(19)28)10-7-16-13-20(25)24(29)21(26)14-16/h2,5-6,8-9,11-14H,1,3-4,7,10H2. The first kappa shape index (κ1) is 20.8. The zero-order valence-electron chi connectivity index (χ0n) is 15.6. The predicted octanol–water partition coefficient (Wildman–Crippen LogP) is 6.95. The molecule has 0 unspecified atom stereocenters. The number of hydrogen-bond donors (Lipinski definition) is 0. The molecule has 0 heterocycles. The summed E-state index contributed by atoms with van der Waals surface area (Å²) in [5, 5.41) is 0. The molecule has 29 heavy (non-hydrogen) atoms. The third-order valence-corrected chi connectivity index (χ3v) is 4.79. The molecule has 0 aliphatic heterocycles. The third kappa shape index (κ3) is 4.73. The van der Waals surface area contributed by atoms with Crippen LogP contribution < -0.4 is 0 Å². The largest absolute Gasteiger partial charge is 0.204 e. The van der Waals surface area contributed by atoms with E-state index >= 15 is 0 Å². The highest BCUT2D eigenvalue weighted by atomic mass is 19.2. The maximum atomic E-state index is 14.6. The van der Waals surface area contributed by atoms with Crippen molar-refractivity contribution in [3.8, 4) is 11.1 Å². The molecule has 0 saturated heterocycles. The van der Waals surface area contributed by atoms with Gasteiger partial charge < -0.3 is 0 Å². The maximum absolute atomic E-state index is 14.6. The third-order valence-electron chi connectivity index (χ3n) is 4.79. The fraction of sp³-hybridized carbons (Fsp3) is 0.167. The lowest BCUT2D eigenvalue weighted by Gasteiger charge is -2.10. The molecule has 150 valence electrons. The molecule has 3 rings (SSSR count). The van der Waals surface area contributed by atoms with Gasteiger partial charge in [-0.3, -0.25) is 0 Å². The van der Waals surface area contributed by atoms with Gasteiger partial charge in [-0.15, -0.1) is 6.58 Å². The lowest BCUT2D eigenvalue weighted by Crippen LogP contribution is -2.01. The Morgan fingerprint density at radius 3 is 1.93 bits per heavy atom. The van der Waals surface area contributed by atoms with Crippen molar-refractivity contribution in [2.75, 3.05) is 0 Å². The average molecular weight is 402 g/mol. The van der Waals surface area contributed by atoms with Gasteiger partial charge >= 0.3 is 0 Å². The summed E-state index contributed by atoms with van der Waals surface area (Å²) in [5.41, 5.74) is 2.02. The van der Waals surface area contributed by atoms with Crippen LogP contribution in [-0.4, -0.2) is 0 Å². The molecular weight excluding hydrogens is 383 g/mol. The van der Waals surface area contributed by atoms with Gasteiger partial charge in [0.25, 0.3) is 0 Å². The molecule has 0 aliphatic carbocycles. The van der Waals surface area contributed by atoms with Gasteiger partial charge in [0.15, 0.2) is 29.1 Å². The molecular formula is C24H19F5. The molecule has 0 spiro atoms. The predicted molar refractivity (Wildman–Crippen MR) is 104 cm³/mol. The van der Waals surface area contributed by atoms with Crippen LogP contribution >= 0.6 is 0 Å². The zero-order valence-corrected chi connectivity index (χ0v) is 15.6. The molecule has 5 heteroatoms. The second kappa shape index (κ2) is 9.03. The molecule has 0 aromatic heterocycles. The fourth-order valence-electron chi connectivity index (χ4n) is 3.16. The van der Waals surface area contributed by atoms with Gasteiger partial charge in [-0.1, -0.05) is 42.5 Å². The van der Waals surface area contributed by atoms with Gasteiger partial charge in [-0.25, -0.2) is 22.0 Å². The first-order valence-corrected chi connectivity index (χ1v) is 9.21. The van der Waals surface area contributed by atoms with Gasteiger partial charge in [-0.05, 0) is 60.1 Å². The van der Waals surface area contributed by atoms with Crippen molar-refractivity contribution in [1.29, 1.82) is 0 Å². The van der Waals surface area contributed by atoms with Crippen molar-refractivity contribution in [3.63, 3.8) is 0 Å². The van der Waals surface area contributed by atoms with Crippen molar-refractivity contribution in [2.45, 2.75) is 25.7 Å². The smallest absolute Gasteiger partial charge is 0.194 e. The van der Waals surface area contributed by atoms with E-state index in [9.17, 15) is 22.0 Å². The summed E-state index contributed by atoms with van der Waals surface area (Å²) in [6, 6.07) is 11.8. The summed E-state index contributed by atoms with van der Waals surface area (Å²) >= 11 is 0. The molecule has 0 atom stereocenters. The number of halogens is 5. The Kier molecular flexibility index (Phi) is 6.47. The van der Waals surface area contributed by atoms with E-state index in [4.69, 9.17) is 0 Å². The van der Waals surface area contributed by atoms with Gasteiger partial charge in [0.05, 0.1) is 0 Å². The molecule has 0 amide bonds. The molecule has 3 aromatic rings. The Balaban J connectivity index is 1.78. The zero-order chi connectivity index (χ0) is 21.0. The van der Waals surface area contributed by atoms with Crippen LogP contribution in [0.2, 0.25) is 0 Å². The molecule has 0 nitrogen and oxygen atoms in total. The summed E-state index contributed by atoms with van der Waals surface area (Å²) in [6.45, 7) is 3.67. The number of hydrogen-bond acceptors (Lipinski definition) is 0. The number of benzene rings is 3. The Morgan fingerprint density at radius 1 is 0.655 bits per heavy atom. The van der Waals surface area contributed by atoms with Crippen molar-refractivity contribution >= 4 is 0 Å². The highest BCUT2D eigenvalue weighted by molar-refractivity contribution is 5.65. The highest BCUT2D eigenvalue weighted by Gasteiger charge is 2.16. The molecule has 3 aromatic carbocycles. The summed E-state index contributed by atoms with van der Waals surface area (Å²) in [7, 11) is 0. The molecule has 0 aliphatic rings. The topological polar surface area (TPSA) is 0 Å². The van der Waals surface area contributed by atoms with Crippen molar-refractivity contribution < 1.29 is 22.0 Å². The van der Waals surface area contributed by atoms with Gasteiger partial charge in [-0.2, -0.15) is 0 Å². The molecule has 0 bridgehead atoms. The van der Waals surface area contributed by atoms with E-state index in [1.165, 1.54) is 12.1 Å². The first-order chi connectivity index (χ1) is 13.9. The molecule has 0 fully saturated rings. The van der Waals surface area contributed by atoms with Crippen LogP contribution in [0.1, 0.15) is 23.1 Å². The Morgan fingerprint density at radius 2 is 1.31 bits per heavy atom. The summed E-state index contributed by atoms with van der Waals surface area (Å²) < 4.78 is 68.7. The lowest BCUT2D eigenvalue weighted by atomic mass is 9.97. The molecule has 0 radical (unpaired) electrons. The minimum atomic E-state index is -1.55. The van der Waals surface area contributed by atoms with Crippen LogP contribution in [0.4, 0.5) is 22.0 Å². The SMILES string of the molecule is C=CCCc1ccc(-c2ccc(CCc3cc(F)c(F)c(F)c3)c(F)c2F)cc1. The second-order valence-electron chi connectivity index (χ2n) is 6.80. The summed E-state index contributed by atoms with van der Waals surface area (Å²) in [4.78, 5) is 0. The quantitative estimate of drug-likeness (QED) is 0.228. The first-order valence-electron chi connectivity index (χ1n) is 9.21. The summed E-state index contributed by atoms with van der Waals surface area (Å²) in [5.74, 6) is -6.14. The molecule has 0 N–H and O–H groups in total. The van der Waals surface area contributed by atoms with Gasteiger partial charge in [0.2, 0.25) is 0 Å². The Bertz CT molecular complexity index is 999. The van der Waals surface area contributed by atoms with E-state index in [0.29, 0.717) is 5.56 Å². The maximum Gasteiger partial charge on any atom is 0.194 e. The van der Waals surface area contributed by atoms with Crippen LogP contribution in [-0.2, 0) is 19.3 Å². The van der Waals surface area contributed by atoms with Crippen LogP contribution in [0.3, 0.4) is 0 Å². The van der Waals surface area contributed by atoms with Crippen LogP contribution in [0.5, 0.6) is 0 Å². The van der Waals surface area contributed by atoms with Crippen LogP contribution in [0.15, 0.2) is 61.2 Å². The van der Waals surface area contributed by atoms with E-state index in [0.717, 1.165) is 30.5 Å². The highest BCUT2D eigenvalue weighted by Crippen LogP contribution is 2.28. The van der Waals surface area contributed by atoms with Crippen molar-refractivity contribution in [3.05, 3.63) is 107 Å². The van der Waals surface area contributed by atoms with E-state index in [1.807, 2.05) is 18.2 Å². The van der Waals surface area contributed by atoms with E-state index in [1.54, 1.807) is 12.1 Å². The monoisotopic (exact) mass is 402 g/mol. The number of rotatable bonds is 7. The van der Waals surface area contributed by atoms with Crippen molar-refractivity contribution in [2.24, 2.45) is 0 Å². The minimum absolute atomic E-state index is 0.0219. The van der Waals surface area contributed by atoms with Crippen LogP contribution in [0.25, 0.3) is 11.1 Å². The fourth-order valence-corrected chi connectivity index (χ4v) is 3.16. The van der Waals surface area contributed by atoms with E-state index in [2.05, 4.69) is 6.58 Å². The second-order valence-corrected chi connectivity index (χ2v) is 6.80. The van der Waals surface area contributed by atoms with E-state index in [-0.39, 0.29) is 29.5 Å². The average Bonchev–Trinajstić information content (AvgIpc) is 2.72. The Hall–Kier alpha value is -2.95. The summed E-state index contributed by atoms with van der Waals surface area (Å²) in [6.07, 6.45) is 3.54. The number of allylic oxidation sites excluding steroid dienone is 1. The van der Waals surface area contributed by atoms with Gasteiger partial charge in [0.1, 0.15) is 0 Å². The molecule has 0 saturated carbocycles. The van der Waals surface area contributed by atoms with Gasteiger partial charge in [0, 0.05) is 5.56 Å². The lowest BCUT2D eigenvalue weighted by molar-refractivity contribution is 0.445. The van der Waals surface area contributed by atoms with Crippen molar-refractivity contribution in [1.82, 2.24) is 0 Å².